The molecule has 1 aliphatic rings. The van der Waals surface area contributed by atoms with Crippen molar-refractivity contribution in [2.24, 2.45) is 5.92 Å². The lowest BCUT2D eigenvalue weighted by Crippen LogP contribution is -2.31. The first-order chi connectivity index (χ1) is 9.74. The fourth-order valence-electron chi connectivity index (χ4n) is 2.47. The fourth-order valence-corrected chi connectivity index (χ4v) is 2.47. The Morgan fingerprint density at radius 1 is 1.35 bits per heavy atom. The maximum atomic E-state index is 13.6. The van der Waals surface area contributed by atoms with Gasteiger partial charge in [-0.2, -0.15) is 4.98 Å². The largest absolute Gasteiger partial charge is 0.334 e. The molecular weight excluding hydrogens is 264 g/mol. The number of halogens is 2. The monoisotopic (exact) mass is 279 g/mol. The van der Waals surface area contributed by atoms with E-state index in [2.05, 4.69) is 15.5 Å². The summed E-state index contributed by atoms with van der Waals surface area (Å²) in [4.78, 5) is 4.16. The highest BCUT2D eigenvalue weighted by atomic mass is 19.2. The quantitative estimate of drug-likeness (QED) is 0.938. The van der Waals surface area contributed by atoms with E-state index in [1.807, 2.05) is 0 Å². The topological polar surface area (TPSA) is 51.0 Å². The normalized spacial score (nSPS) is 19.2. The first kappa shape index (κ1) is 13.2. The molecule has 0 radical (unpaired) electrons. The highest BCUT2D eigenvalue weighted by Crippen LogP contribution is 2.23. The zero-order valence-electron chi connectivity index (χ0n) is 10.9. The minimum atomic E-state index is -0.956. The molecule has 1 aromatic heterocycles. The highest BCUT2D eigenvalue weighted by Gasteiger charge is 2.19. The molecular formula is C14H15F2N3O. The van der Waals surface area contributed by atoms with Gasteiger partial charge in [-0.25, -0.2) is 8.78 Å². The minimum absolute atomic E-state index is 0.00511. The standard InChI is InChI=1S/C14H15F2N3O/c15-11-5-1-4-10(13(11)16)14-18-12(19-20-14)7-9-3-2-6-17-8-9/h1,4-5,9,17H,2-3,6-8H2. The highest BCUT2D eigenvalue weighted by molar-refractivity contribution is 5.53. The average Bonchev–Trinajstić information content (AvgIpc) is 2.91. The van der Waals surface area contributed by atoms with Gasteiger partial charge < -0.3 is 9.84 Å². The van der Waals surface area contributed by atoms with Crippen LogP contribution in [0.4, 0.5) is 8.78 Å². The number of hydrogen-bond acceptors (Lipinski definition) is 4. The van der Waals surface area contributed by atoms with Crippen molar-refractivity contribution in [3.8, 4) is 11.5 Å². The van der Waals surface area contributed by atoms with Crippen LogP contribution < -0.4 is 5.32 Å². The Balaban J connectivity index is 1.77. The Labute approximate surface area is 115 Å². The van der Waals surface area contributed by atoms with Crippen LogP contribution in [-0.4, -0.2) is 23.2 Å². The summed E-state index contributed by atoms with van der Waals surface area (Å²) in [7, 11) is 0. The predicted molar refractivity (Wildman–Crippen MR) is 68.9 cm³/mol. The minimum Gasteiger partial charge on any atom is -0.334 e. The lowest BCUT2D eigenvalue weighted by Gasteiger charge is -2.20. The van der Waals surface area contributed by atoms with Crippen LogP contribution in [-0.2, 0) is 6.42 Å². The summed E-state index contributed by atoms with van der Waals surface area (Å²) in [5.74, 6) is -0.842. The number of benzene rings is 1. The van der Waals surface area contributed by atoms with Crippen LogP contribution in [0.25, 0.3) is 11.5 Å². The molecule has 1 fully saturated rings. The zero-order valence-corrected chi connectivity index (χ0v) is 10.9. The van der Waals surface area contributed by atoms with Gasteiger partial charge in [-0.05, 0) is 44.0 Å². The lowest BCUT2D eigenvalue weighted by atomic mass is 9.96. The van der Waals surface area contributed by atoms with Crippen molar-refractivity contribution >= 4 is 0 Å². The van der Waals surface area contributed by atoms with Crippen molar-refractivity contribution in [2.75, 3.05) is 13.1 Å². The molecule has 1 unspecified atom stereocenters. The van der Waals surface area contributed by atoms with Gasteiger partial charge in [0.2, 0.25) is 0 Å². The smallest absolute Gasteiger partial charge is 0.261 e. The molecule has 0 amide bonds. The van der Waals surface area contributed by atoms with E-state index in [1.165, 1.54) is 12.1 Å². The lowest BCUT2D eigenvalue weighted by molar-refractivity contribution is 0.359. The number of nitrogens with one attached hydrogen (secondary N) is 1. The van der Waals surface area contributed by atoms with Crippen molar-refractivity contribution in [3.05, 3.63) is 35.7 Å². The van der Waals surface area contributed by atoms with Gasteiger partial charge in [-0.1, -0.05) is 11.2 Å². The van der Waals surface area contributed by atoms with Crippen molar-refractivity contribution < 1.29 is 13.3 Å². The molecule has 0 spiro atoms. The summed E-state index contributed by atoms with van der Waals surface area (Å²) in [5, 5.41) is 7.17. The molecule has 1 N–H and O–H groups in total. The molecule has 1 saturated heterocycles. The van der Waals surface area contributed by atoms with E-state index in [9.17, 15) is 8.78 Å². The van der Waals surface area contributed by atoms with E-state index < -0.39 is 11.6 Å². The Kier molecular flexibility index (Phi) is 3.73. The van der Waals surface area contributed by atoms with Gasteiger partial charge in [0, 0.05) is 6.42 Å². The van der Waals surface area contributed by atoms with E-state index in [-0.39, 0.29) is 11.5 Å². The van der Waals surface area contributed by atoms with Crippen molar-refractivity contribution in [3.63, 3.8) is 0 Å². The van der Waals surface area contributed by atoms with Gasteiger partial charge in [0.25, 0.3) is 5.89 Å². The zero-order chi connectivity index (χ0) is 13.9. The second-order valence-electron chi connectivity index (χ2n) is 5.03. The number of aromatic nitrogens is 2. The first-order valence-corrected chi connectivity index (χ1v) is 6.71. The van der Waals surface area contributed by atoms with Gasteiger partial charge in [0.05, 0.1) is 5.56 Å². The molecule has 1 atom stereocenters. The molecule has 2 heterocycles. The number of piperidine rings is 1. The number of nitrogens with zero attached hydrogens (tertiary/aromatic N) is 2. The van der Waals surface area contributed by atoms with Crippen molar-refractivity contribution in [2.45, 2.75) is 19.3 Å². The Morgan fingerprint density at radius 2 is 2.25 bits per heavy atom. The van der Waals surface area contributed by atoms with Crippen LogP contribution in [0.5, 0.6) is 0 Å². The number of rotatable bonds is 3. The average molecular weight is 279 g/mol. The van der Waals surface area contributed by atoms with E-state index in [0.717, 1.165) is 32.0 Å². The molecule has 0 bridgehead atoms. The molecule has 0 aliphatic carbocycles. The van der Waals surface area contributed by atoms with Crippen LogP contribution in [0.3, 0.4) is 0 Å². The van der Waals surface area contributed by atoms with E-state index in [0.29, 0.717) is 18.2 Å². The molecule has 6 heteroatoms. The predicted octanol–water partition coefficient (Wildman–Crippen LogP) is 2.56. The SMILES string of the molecule is Fc1cccc(-c2nc(CC3CCCNC3)no2)c1F. The van der Waals surface area contributed by atoms with E-state index in [1.54, 1.807) is 0 Å². The Bertz CT molecular complexity index is 594. The van der Waals surface area contributed by atoms with Crippen LogP contribution in [0, 0.1) is 17.6 Å². The van der Waals surface area contributed by atoms with Crippen LogP contribution in [0.15, 0.2) is 22.7 Å². The summed E-state index contributed by atoms with van der Waals surface area (Å²) in [5.41, 5.74) is 0.00511. The third-order valence-corrected chi connectivity index (χ3v) is 3.52. The molecule has 1 aliphatic heterocycles. The van der Waals surface area contributed by atoms with Crippen molar-refractivity contribution in [1.29, 1.82) is 0 Å². The Morgan fingerprint density at radius 3 is 3.05 bits per heavy atom. The van der Waals surface area contributed by atoms with Crippen molar-refractivity contribution in [1.82, 2.24) is 15.5 Å². The molecule has 1 aromatic carbocycles. The number of hydrogen-bond donors (Lipinski definition) is 1. The van der Waals surface area contributed by atoms with Gasteiger partial charge in [-0.3, -0.25) is 0 Å². The van der Waals surface area contributed by atoms with Gasteiger partial charge in [0.15, 0.2) is 17.5 Å². The van der Waals surface area contributed by atoms with Gasteiger partial charge in [-0.15, -0.1) is 0 Å². The van der Waals surface area contributed by atoms with Crippen LogP contribution >= 0.6 is 0 Å². The Hall–Kier alpha value is -1.82. The van der Waals surface area contributed by atoms with Gasteiger partial charge in [0.1, 0.15) is 0 Å². The molecule has 0 saturated carbocycles. The summed E-state index contributed by atoms with van der Waals surface area (Å²) >= 11 is 0. The molecule has 3 rings (SSSR count). The molecule has 2 aromatic rings. The van der Waals surface area contributed by atoms with Gasteiger partial charge >= 0.3 is 0 Å². The van der Waals surface area contributed by atoms with Crippen LogP contribution in [0.2, 0.25) is 0 Å². The summed E-state index contributed by atoms with van der Waals surface area (Å²) < 4.78 is 31.9. The van der Waals surface area contributed by atoms with Crippen LogP contribution in [0.1, 0.15) is 18.7 Å². The molecule has 106 valence electrons. The third kappa shape index (κ3) is 2.70. The second-order valence-corrected chi connectivity index (χ2v) is 5.03. The summed E-state index contributed by atoms with van der Waals surface area (Å²) in [6.45, 7) is 1.97. The first-order valence-electron chi connectivity index (χ1n) is 6.71. The van der Waals surface area contributed by atoms with E-state index in [4.69, 9.17) is 4.52 Å². The molecule has 20 heavy (non-hydrogen) atoms. The molecule has 4 nitrogen and oxygen atoms in total. The maximum Gasteiger partial charge on any atom is 0.261 e. The fraction of sp³-hybridized carbons (Fsp3) is 0.429. The summed E-state index contributed by atoms with van der Waals surface area (Å²) in [6.07, 6.45) is 2.94. The summed E-state index contributed by atoms with van der Waals surface area (Å²) in [6, 6.07) is 3.91. The second kappa shape index (κ2) is 5.66. The van der Waals surface area contributed by atoms with E-state index >= 15 is 0 Å². The third-order valence-electron chi connectivity index (χ3n) is 3.52. The maximum absolute atomic E-state index is 13.6.